The Balaban J connectivity index is 3.67. The fraction of sp³-hybridized carbons (Fsp3) is 0.812. The first-order valence-corrected chi connectivity index (χ1v) is 7.89. The van der Waals surface area contributed by atoms with Crippen LogP contribution in [0.15, 0.2) is 0 Å². The molecule has 0 aliphatic carbocycles. The van der Waals surface area contributed by atoms with Crippen molar-refractivity contribution >= 4 is 17.7 Å². The molecule has 0 saturated heterocycles. The Morgan fingerprint density at radius 3 is 1.80 bits per heavy atom. The Hall–Kier alpha value is -1.19. The predicted molar refractivity (Wildman–Crippen MR) is 78.2 cm³/mol. The van der Waals surface area contributed by atoms with E-state index in [2.05, 4.69) is 18.6 Å². The second kappa shape index (κ2) is 12.8. The van der Waals surface area contributed by atoms with E-state index in [0.29, 0.717) is 6.42 Å². The van der Waals surface area contributed by atoms with Crippen LogP contribution in [0.3, 0.4) is 0 Å². The summed E-state index contributed by atoms with van der Waals surface area (Å²) in [5.74, 6) is -2.14. The van der Waals surface area contributed by atoms with Gasteiger partial charge in [0.25, 0.3) is 0 Å². The number of carbonyl (C=O) groups excluding carboxylic acids is 3. The summed E-state index contributed by atoms with van der Waals surface area (Å²) in [6, 6.07) is 0. The maximum atomic E-state index is 11.4. The molecule has 0 fully saturated rings. The zero-order valence-corrected chi connectivity index (χ0v) is 12.9. The van der Waals surface area contributed by atoms with Gasteiger partial charge in [-0.15, -0.1) is 0 Å². The fourth-order valence-corrected chi connectivity index (χ4v) is 1.90. The van der Waals surface area contributed by atoms with Gasteiger partial charge in [-0.2, -0.15) is 0 Å². The quantitative estimate of drug-likeness (QED) is 0.235. The van der Waals surface area contributed by atoms with Crippen LogP contribution < -0.4 is 0 Å². The van der Waals surface area contributed by atoms with Crippen LogP contribution in [0.2, 0.25) is 0 Å². The molecule has 0 heterocycles. The molecule has 0 radical (unpaired) electrons. The average Bonchev–Trinajstić information content (AvgIpc) is 2.43. The zero-order valence-electron chi connectivity index (χ0n) is 12.9. The van der Waals surface area contributed by atoms with E-state index in [1.165, 1.54) is 0 Å². The molecule has 20 heavy (non-hydrogen) atoms. The topological polar surface area (TPSA) is 60.4 Å². The lowest BCUT2D eigenvalue weighted by Crippen LogP contribution is -2.21. The largest absolute Gasteiger partial charge is 0.387 e. The molecule has 0 aromatic carbocycles. The molecule has 0 aromatic heterocycles. The van der Waals surface area contributed by atoms with Gasteiger partial charge in [0.05, 0.1) is 0 Å². The van der Waals surface area contributed by atoms with Crippen molar-refractivity contribution in [3.8, 4) is 0 Å². The van der Waals surface area contributed by atoms with Gasteiger partial charge in [-0.3, -0.25) is 9.59 Å². The van der Waals surface area contributed by atoms with Crippen molar-refractivity contribution in [3.63, 3.8) is 0 Å². The normalized spacial score (nSPS) is 10.3. The number of ketones is 1. The molecule has 0 unspecified atom stereocenters. The van der Waals surface area contributed by atoms with Crippen LogP contribution >= 0.6 is 0 Å². The van der Waals surface area contributed by atoms with Crippen LogP contribution in [0.1, 0.15) is 84.5 Å². The number of hydrogen-bond donors (Lipinski definition) is 0. The highest BCUT2D eigenvalue weighted by Crippen LogP contribution is 2.07. The molecule has 0 aromatic rings. The second-order valence-electron chi connectivity index (χ2n) is 5.16. The first-order chi connectivity index (χ1) is 9.61. The molecule has 4 heteroatoms. The highest BCUT2D eigenvalue weighted by atomic mass is 16.6. The monoisotopic (exact) mass is 284 g/mol. The zero-order chi connectivity index (χ0) is 15.2. The molecule has 0 saturated carbocycles. The number of esters is 2. The van der Waals surface area contributed by atoms with Crippen molar-refractivity contribution in [3.05, 3.63) is 0 Å². The van der Waals surface area contributed by atoms with Crippen LogP contribution in [-0.2, 0) is 19.1 Å². The van der Waals surface area contributed by atoms with E-state index in [9.17, 15) is 14.4 Å². The highest BCUT2D eigenvalue weighted by molar-refractivity contribution is 6.35. The summed E-state index contributed by atoms with van der Waals surface area (Å²) in [4.78, 5) is 34.2. The molecule has 0 aliphatic heterocycles. The lowest BCUT2D eigenvalue weighted by Gasteiger charge is -2.03. The number of ether oxygens (including phenoxy) is 1. The Morgan fingerprint density at radius 2 is 1.20 bits per heavy atom. The van der Waals surface area contributed by atoms with Crippen LogP contribution in [-0.4, -0.2) is 17.7 Å². The van der Waals surface area contributed by atoms with Crippen molar-refractivity contribution < 1.29 is 19.1 Å². The molecule has 4 nitrogen and oxygen atoms in total. The molecule has 0 atom stereocenters. The number of carbonyl (C=O) groups is 3. The molecular weight excluding hydrogens is 256 g/mol. The van der Waals surface area contributed by atoms with Crippen LogP contribution in [0.25, 0.3) is 0 Å². The second-order valence-corrected chi connectivity index (χ2v) is 5.16. The van der Waals surface area contributed by atoms with Gasteiger partial charge in [-0.25, -0.2) is 4.79 Å². The van der Waals surface area contributed by atoms with E-state index in [4.69, 9.17) is 0 Å². The van der Waals surface area contributed by atoms with E-state index in [0.717, 1.165) is 51.4 Å². The van der Waals surface area contributed by atoms with Gasteiger partial charge in [0, 0.05) is 12.8 Å². The molecule has 0 aliphatic rings. The van der Waals surface area contributed by atoms with Crippen molar-refractivity contribution in [2.75, 3.05) is 0 Å². The number of rotatable bonds is 12. The first-order valence-electron chi connectivity index (χ1n) is 7.89. The summed E-state index contributed by atoms with van der Waals surface area (Å²) in [5, 5.41) is 0. The predicted octanol–water partition coefficient (Wildman–Crippen LogP) is 3.96. The maximum absolute atomic E-state index is 11.4. The van der Waals surface area contributed by atoms with Gasteiger partial charge in [0.1, 0.15) is 0 Å². The van der Waals surface area contributed by atoms with Gasteiger partial charge in [0.15, 0.2) is 0 Å². The summed E-state index contributed by atoms with van der Waals surface area (Å²) in [6.07, 6.45) is 9.23. The fourth-order valence-electron chi connectivity index (χ4n) is 1.90. The minimum absolute atomic E-state index is 0.183. The van der Waals surface area contributed by atoms with Gasteiger partial charge in [-0.05, 0) is 12.8 Å². The molecular formula is C16H28O4. The molecule has 116 valence electrons. The number of unbranched alkanes of at least 4 members (excludes halogenated alkanes) is 7. The van der Waals surface area contributed by atoms with Gasteiger partial charge in [0.2, 0.25) is 5.78 Å². The Kier molecular flexibility index (Phi) is 12.1. The lowest BCUT2D eigenvalue weighted by atomic mass is 10.1. The minimum atomic E-state index is -0.986. The third kappa shape index (κ3) is 10.7. The summed E-state index contributed by atoms with van der Waals surface area (Å²) in [5.41, 5.74) is 0. The first kappa shape index (κ1) is 18.8. The van der Waals surface area contributed by atoms with Crippen LogP contribution in [0.4, 0.5) is 0 Å². The van der Waals surface area contributed by atoms with Gasteiger partial charge < -0.3 is 4.74 Å². The van der Waals surface area contributed by atoms with Gasteiger partial charge >= 0.3 is 11.9 Å². The Bertz CT molecular complexity index is 297. The van der Waals surface area contributed by atoms with E-state index in [-0.39, 0.29) is 12.8 Å². The number of Topliss-reactive ketones (excluding diaryl/α,β-unsaturated/α-hetero) is 1. The van der Waals surface area contributed by atoms with Crippen molar-refractivity contribution in [1.82, 2.24) is 0 Å². The average molecular weight is 284 g/mol. The summed E-state index contributed by atoms with van der Waals surface area (Å²) in [6.45, 7) is 4.20. The Morgan fingerprint density at radius 1 is 0.700 bits per heavy atom. The standard InChI is InChI=1S/C16H28O4/c1-3-5-7-9-11-13-15(18)20-16(19)14(17)12-10-8-6-4-2/h3-13H2,1-2H3. The van der Waals surface area contributed by atoms with Crippen molar-refractivity contribution in [2.24, 2.45) is 0 Å². The van der Waals surface area contributed by atoms with Crippen molar-refractivity contribution in [2.45, 2.75) is 84.5 Å². The number of hydrogen-bond acceptors (Lipinski definition) is 4. The van der Waals surface area contributed by atoms with E-state index >= 15 is 0 Å². The third-order valence-electron chi connectivity index (χ3n) is 3.18. The summed E-state index contributed by atoms with van der Waals surface area (Å²) in [7, 11) is 0. The molecule has 0 N–H and O–H groups in total. The third-order valence-corrected chi connectivity index (χ3v) is 3.18. The lowest BCUT2D eigenvalue weighted by molar-refractivity contribution is -0.164. The highest BCUT2D eigenvalue weighted by Gasteiger charge is 2.18. The molecule has 0 rings (SSSR count). The van der Waals surface area contributed by atoms with Crippen LogP contribution in [0.5, 0.6) is 0 Å². The summed E-state index contributed by atoms with van der Waals surface area (Å²) >= 11 is 0. The van der Waals surface area contributed by atoms with E-state index in [1.807, 2.05) is 0 Å². The van der Waals surface area contributed by atoms with Gasteiger partial charge in [-0.1, -0.05) is 58.8 Å². The molecule has 0 spiro atoms. The molecule has 0 amide bonds. The van der Waals surface area contributed by atoms with E-state index < -0.39 is 17.7 Å². The maximum Gasteiger partial charge on any atom is 0.382 e. The smallest absolute Gasteiger partial charge is 0.382 e. The Labute approximate surface area is 122 Å². The van der Waals surface area contributed by atoms with Crippen molar-refractivity contribution in [1.29, 1.82) is 0 Å². The van der Waals surface area contributed by atoms with Crippen LogP contribution in [0, 0.1) is 0 Å². The summed E-state index contributed by atoms with van der Waals surface area (Å²) < 4.78 is 4.55. The SMILES string of the molecule is CCCCCCCC(=O)OC(=O)C(=O)CCCCCC. The minimum Gasteiger partial charge on any atom is -0.387 e. The van der Waals surface area contributed by atoms with E-state index in [1.54, 1.807) is 0 Å². The molecule has 0 bridgehead atoms.